The highest BCUT2D eigenvalue weighted by molar-refractivity contribution is 9.10. The van der Waals surface area contributed by atoms with E-state index in [-0.39, 0.29) is 9.80 Å². The van der Waals surface area contributed by atoms with Crippen molar-refractivity contribution in [3.8, 4) is 0 Å². The molecule has 0 aliphatic rings. The second-order valence-corrected chi connectivity index (χ2v) is 10.6. The van der Waals surface area contributed by atoms with Crippen LogP contribution in [-0.4, -0.2) is 12.6 Å². The molecule has 0 N–H and O–H groups in total. The number of rotatable bonds is 5. The van der Waals surface area contributed by atoms with Crippen molar-refractivity contribution in [1.29, 1.82) is 0 Å². The molecule has 3 aromatic rings. The second kappa shape index (κ2) is 8.55. The minimum atomic E-state index is -3.76. The lowest BCUT2D eigenvalue weighted by Crippen LogP contribution is -2.03. The van der Waals surface area contributed by atoms with Gasteiger partial charge in [0.15, 0.2) is 0 Å². The molecule has 28 heavy (non-hydrogen) atoms. The number of halogens is 1. The number of aryl methyl sites for hydroxylation is 2. The lowest BCUT2D eigenvalue weighted by Gasteiger charge is -2.10. The monoisotopic (exact) mass is 474 g/mol. The third-order valence-corrected chi connectivity index (χ3v) is 7.78. The minimum Gasteiger partial charge on any atom is -0.249 e. The van der Waals surface area contributed by atoms with E-state index in [1.165, 1.54) is 0 Å². The van der Waals surface area contributed by atoms with Crippen molar-refractivity contribution in [3.63, 3.8) is 0 Å². The van der Waals surface area contributed by atoms with E-state index in [9.17, 15) is 12.6 Å². The molecule has 6 heteroatoms. The van der Waals surface area contributed by atoms with Crippen LogP contribution in [0.1, 0.15) is 16.7 Å². The number of hydrogen-bond acceptors (Lipinski definition) is 3. The fourth-order valence-corrected chi connectivity index (χ4v) is 5.61. The fraction of sp³-hybridized carbons (Fsp3) is 0.0909. The van der Waals surface area contributed by atoms with Crippen molar-refractivity contribution in [2.75, 3.05) is 0 Å². The van der Waals surface area contributed by atoms with Gasteiger partial charge in [-0.25, -0.2) is 12.6 Å². The topological polar surface area (TPSA) is 51.2 Å². The SMILES string of the molecule is Cc1ccc(S(=O)C(=CS(=O)(=O)c2ccc(C)cc2)c2ccc(Br)cc2)cc1. The Morgan fingerprint density at radius 3 is 1.86 bits per heavy atom. The molecule has 0 amide bonds. The van der Waals surface area contributed by atoms with Crippen molar-refractivity contribution in [1.82, 2.24) is 0 Å². The van der Waals surface area contributed by atoms with E-state index in [0.29, 0.717) is 10.5 Å². The standard InChI is InChI=1S/C22H19BrO3S2/c1-16-3-11-20(12-4-16)27(24)22(18-7-9-19(23)10-8-18)15-28(25,26)21-13-5-17(2)6-14-21/h3-15H,1-2H3. The Bertz CT molecular complexity index is 1130. The number of hydrogen-bond donors (Lipinski definition) is 0. The molecule has 0 fully saturated rings. The zero-order chi connectivity index (χ0) is 20.3. The van der Waals surface area contributed by atoms with Crippen LogP contribution < -0.4 is 0 Å². The summed E-state index contributed by atoms with van der Waals surface area (Å²) in [6, 6.07) is 21.0. The molecule has 0 aliphatic heterocycles. The van der Waals surface area contributed by atoms with Crippen LogP contribution in [0.25, 0.3) is 4.91 Å². The van der Waals surface area contributed by atoms with E-state index < -0.39 is 20.6 Å². The zero-order valence-electron chi connectivity index (χ0n) is 15.4. The molecule has 3 rings (SSSR count). The summed E-state index contributed by atoms with van der Waals surface area (Å²) in [4.78, 5) is 0.976. The molecule has 144 valence electrons. The summed E-state index contributed by atoms with van der Waals surface area (Å²) in [6.45, 7) is 3.84. The van der Waals surface area contributed by atoms with Crippen LogP contribution in [-0.2, 0) is 20.6 Å². The summed E-state index contributed by atoms with van der Waals surface area (Å²) in [7, 11) is -5.41. The van der Waals surface area contributed by atoms with Crippen LogP contribution >= 0.6 is 15.9 Å². The van der Waals surface area contributed by atoms with E-state index in [1.54, 1.807) is 60.7 Å². The van der Waals surface area contributed by atoms with Crippen LogP contribution in [0.15, 0.2) is 92.5 Å². The Labute approximate surface area is 176 Å². The van der Waals surface area contributed by atoms with Crippen molar-refractivity contribution in [3.05, 3.63) is 99.4 Å². The normalized spacial score (nSPS) is 13.3. The summed E-state index contributed by atoms with van der Waals surface area (Å²) in [5.41, 5.74) is 2.61. The first kappa shape index (κ1) is 20.7. The quantitative estimate of drug-likeness (QED) is 0.480. The summed E-state index contributed by atoms with van der Waals surface area (Å²) in [5.74, 6) is 0. The molecule has 3 nitrogen and oxygen atoms in total. The van der Waals surface area contributed by atoms with Gasteiger partial charge >= 0.3 is 0 Å². The Kier molecular flexibility index (Phi) is 6.33. The maximum atomic E-state index is 13.3. The predicted octanol–water partition coefficient (Wildman–Crippen LogP) is 5.65. The molecular formula is C22H19BrO3S2. The van der Waals surface area contributed by atoms with Crippen molar-refractivity contribution in [2.45, 2.75) is 23.6 Å². The summed E-state index contributed by atoms with van der Waals surface area (Å²) in [6.07, 6.45) is 0. The van der Waals surface area contributed by atoms with Gasteiger partial charge in [0.05, 0.1) is 26.0 Å². The van der Waals surface area contributed by atoms with Crippen LogP contribution in [0.2, 0.25) is 0 Å². The second-order valence-electron chi connectivity index (χ2n) is 6.43. The fourth-order valence-electron chi connectivity index (χ4n) is 2.56. The molecule has 0 aliphatic carbocycles. The van der Waals surface area contributed by atoms with E-state index in [4.69, 9.17) is 0 Å². The lowest BCUT2D eigenvalue weighted by atomic mass is 10.2. The molecule has 0 heterocycles. The summed E-state index contributed by atoms with van der Waals surface area (Å²) >= 11 is 3.38. The van der Waals surface area contributed by atoms with Crippen molar-refractivity contribution < 1.29 is 12.6 Å². The Morgan fingerprint density at radius 1 is 0.821 bits per heavy atom. The van der Waals surface area contributed by atoms with E-state index in [0.717, 1.165) is 21.0 Å². The third kappa shape index (κ3) is 4.87. The van der Waals surface area contributed by atoms with Gasteiger partial charge in [-0.2, -0.15) is 0 Å². The largest absolute Gasteiger partial charge is 0.249 e. The van der Waals surface area contributed by atoms with Crippen molar-refractivity contribution in [2.24, 2.45) is 0 Å². The Morgan fingerprint density at radius 2 is 1.32 bits per heavy atom. The summed E-state index contributed by atoms with van der Waals surface area (Å²) in [5, 5.41) is 1.12. The van der Waals surface area contributed by atoms with Crippen LogP contribution in [0.5, 0.6) is 0 Å². The third-order valence-electron chi connectivity index (χ3n) is 4.18. The van der Waals surface area contributed by atoms with Gasteiger partial charge in [0, 0.05) is 9.37 Å². The highest BCUT2D eigenvalue weighted by Gasteiger charge is 2.19. The molecule has 0 aromatic heterocycles. The van der Waals surface area contributed by atoms with Gasteiger partial charge in [0.1, 0.15) is 0 Å². The van der Waals surface area contributed by atoms with Gasteiger partial charge < -0.3 is 0 Å². The number of benzene rings is 3. The van der Waals surface area contributed by atoms with Gasteiger partial charge in [0.2, 0.25) is 9.84 Å². The van der Waals surface area contributed by atoms with Crippen LogP contribution in [0.4, 0.5) is 0 Å². The van der Waals surface area contributed by atoms with Gasteiger partial charge in [-0.1, -0.05) is 63.5 Å². The summed E-state index contributed by atoms with van der Waals surface area (Å²) < 4.78 is 40.1. The van der Waals surface area contributed by atoms with Gasteiger partial charge in [-0.3, -0.25) is 0 Å². The zero-order valence-corrected chi connectivity index (χ0v) is 18.6. The first-order valence-corrected chi connectivity index (χ1v) is 12.0. The molecule has 0 radical (unpaired) electrons. The highest BCUT2D eigenvalue weighted by atomic mass is 79.9. The maximum absolute atomic E-state index is 13.3. The molecular weight excluding hydrogens is 456 g/mol. The van der Waals surface area contributed by atoms with Crippen LogP contribution in [0.3, 0.4) is 0 Å². The first-order valence-electron chi connectivity index (χ1n) is 8.54. The number of sulfone groups is 1. The van der Waals surface area contributed by atoms with Gasteiger partial charge in [-0.15, -0.1) is 0 Å². The molecule has 1 atom stereocenters. The average Bonchev–Trinajstić information content (AvgIpc) is 2.67. The Hall–Kier alpha value is -2.02. The smallest absolute Gasteiger partial charge is 0.201 e. The molecule has 1 unspecified atom stereocenters. The van der Waals surface area contributed by atoms with E-state index >= 15 is 0 Å². The molecule has 0 saturated heterocycles. The van der Waals surface area contributed by atoms with E-state index in [2.05, 4.69) is 15.9 Å². The lowest BCUT2D eigenvalue weighted by molar-refractivity contribution is 0.604. The van der Waals surface area contributed by atoms with Crippen molar-refractivity contribution >= 4 is 41.5 Å². The Balaban J connectivity index is 2.13. The van der Waals surface area contributed by atoms with Crippen LogP contribution in [0, 0.1) is 13.8 Å². The average molecular weight is 475 g/mol. The highest BCUT2D eigenvalue weighted by Crippen LogP contribution is 2.28. The van der Waals surface area contributed by atoms with Gasteiger partial charge in [0.25, 0.3) is 0 Å². The molecule has 0 spiro atoms. The maximum Gasteiger partial charge on any atom is 0.201 e. The van der Waals surface area contributed by atoms with E-state index in [1.807, 2.05) is 26.0 Å². The first-order chi connectivity index (χ1) is 13.3. The molecule has 0 saturated carbocycles. The molecule has 0 bridgehead atoms. The molecule has 3 aromatic carbocycles. The minimum absolute atomic E-state index is 0.175. The predicted molar refractivity (Wildman–Crippen MR) is 118 cm³/mol. The van der Waals surface area contributed by atoms with Gasteiger partial charge in [-0.05, 0) is 55.8 Å².